The van der Waals surface area contributed by atoms with Crippen LogP contribution in [0.1, 0.15) is 56.1 Å². The van der Waals surface area contributed by atoms with Crippen molar-refractivity contribution >= 4 is 18.0 Å². The van der Waals surface area contributed by atoms with Gasteiger partial charge < -0.3 is 20.1 Å². The number of hydrogen-bond donors (Lipinski definition) is 2. The highest BCUT2D eigenvalue weighted by molar-refractivity contribution is 5.86. The van der Waals surface area contributed by atoms with Crippen molar-refractivity contribution < 1.29 is 24.2 Å². The highest BCUT2D eigenvalue weighted by atomic mass is 16.5. The number of carboxylic acids is 1. The molecule has 2 aliphatic rings. The number of fused-ring (bicyclic) bond motifs is 3. The molecular weight excluding hydrogens is 420 g/mol. The second kappa shape index (κ2) is 10.1. The highest BCUT2D eigenvalue weighted by Crippen LogP contribution is 2.44. The van der Waals surface area contributed by atoms with Crippen LogP contribution in [0.5, 0.6) is 0 Å². The molecule has 1 aliphatic carbocycles. The molecule has 1 unspecified atom stereocenters. The molecule has 1 aliphatic heterocycles. The van der Waals surface area contributed by atoms with Gasteiger partial charge in [-0.05, 0) is 47.9 Å². The molecule has 2 atom stereocenters. The van der Waals surface area contributed by atoms with Crippen molar-refractivity contribution in [3.05, 3.63) is 59.7 Å². The molecule has 1 heterocycles. The van der Waals surface area contributed by atoms with Gasteiger partial charge in [-0.1, -0.05) is 55.5 Å². The zero-order chi connectivity index (χ0) is 23.4. The summed E-state index contributed by atoms with van der Waals surface area (Å²) in [5, 5.41) is 11.7. The molecule has 0 bridgehead atoms. The van der Waals surface area contributed by atoms with Crippen LogP contribution in [-0.2, 0) is 14.3 Å². The predicted octanol–water partition coefficient (Wildman–Crippen LogP) is 4.16. The summed E-state index contributed by atoms with van der Waals surface area (Å²) in [5.74, 6) is -1.07. The summed E-state index contributed by atoms with van der Waals surface area (Å²) in [4.78, 5) is 38.3. The van der Waals surface area contributed by atoms with Crippen molar-refractivity contribution in [1.29, 1.82) is 0 Å². The fourth-order valence-electron chi connectivity index (χ4n) is 5.04. The van der Waals surface area contributed by atoms with Crippen LogP contribution in [0, 0.1) is 0 Å². The van der Waals surface area contributed by atoms with Gasteiger partial charge in [0.1, 0.15) is 12.6 Å². The molecule has 1 saturated heterocycles. The highest BCUT2D eigenvalue weighted by Gasteiger charge is 2.34. The normalized spacial score (nSPS) is 17.8. The van der Waals surface area contributed by atoms with Gasteiger partial charge in [-0.15, -0.1) is 0 Å². The van der Waals surface area contributed by atoms with Gasteiger partial charge >= 0.3 is 12.1 Å². The third-order valence-electron chi connectivity index (χ3n) is 6.69. The Bertz CT molecular complexity index is 991. The smallest absolute Gasteiger partial charge is 0.407 e. The lowest BCUT2D eigenvalue weighted by molar-refractivity contribution is -0.139. The number of aliphatic carboxylic acids is 1. The van der Waals surface area contributed by atoms with Crippen molar-refractivity contribution in [3.8, 4) is 11.1 Å². The van der Waals surface area contributed by atoms with Crippen LogP contribution in [-0.4, -0.2) is 53.2 Å². The molecular formula is C26H30N2O5. The minimum Gasteiger partial charge on any atom is -0.481 e. The van der Waals surface area contributed by atoms with Crippen molar-refractivity contribution in [2.75, 3.05) is 13.2 Å². The van der Waals surface area contributed by atoms with Gasteiger partial charge in [-0.25, -0.2) is 4.79 Å². The summed E-state index contributed by atoms with van der Waals surface area (Å²) in [7, 11) is 0. The summed E-state index contributed by atoms with van der Waals surface area (Å²) in [6.07, 6.45) is 1.93. The quantitative estimate of drug-likeness (QED) is 0.630. The standard InChI is InChI=1S/C26H30N2O5/c1-2-23(25(31)28-15-7-8-17(28)13-14-24(29)30)27-26(32)33-16-22-20-11-5-3-9-18(20)19-10-4-6-12-21(19)22/h3-6,9-12,17,22-23H,2,7-8,13-16H2,1H3,(H,27,32)(H,29,30)/t17?,23-/m1/s1. The first kappa shape index (κ1) is 22.8. The summed E-state index contributed by atoms with van der Waals surface area (Å²) in [6.45, 7) is 2.62. The van der Waals surface area contributed by atoms with Gasteiger partial charge in [0.2, 0.25) is 5.91 Å². The molecule has 0 aromatic heterocycles. The van der Waals surface area contributed by atoms with Crippen LogP contribution in [0.15, 0.2) is 48.5 Å². The molecule has 0 radical (unpaired) electrons. The Balaban J connectivity index is 1.37. The van der Waals surface area contributed by atoms with Gasteiger partial charge in [0.05, 0.1) is 0 Å². The molecule has 7 heteroatoms. The van der Waals surface area contributed by atoms with E-state index in [9.17, 15) is 14.4 Å². The van der Waals surface area contributed by atoms with E-state index >= 15 is 0 Å². The lowest BCUT2D eigenvalue weighted by Gasteiger charge is -2.28. The van der Waals surface area contributed by atoms with E-state index in [2.05, 4.69) is 29.6 Å². The summed E-state index contributed by atoms with van der Waals surface area (Å²) in [5.41, 5.74) is 4.58. The van der Waals surface area contributed by atoms with Gasteiger partial charge in [-0.2, -0.15) is 0 Å². The summed E-state index contributed by atoms with van der Waals surface area (Å²) >= 11 is 0. The molecule has 1 fully saturated rings. The number of amides is 2. The van der Waals surface area contributed by atoms with Gasteiger partial charge in [0, 0.05) is 24.9 Å². The maximum absolute atomic E-state index is 13.1. The Morgan fingerprint density at radius 2 is 1.73 bits per heavy atom. The van der Waals surface area contributed by atoms with E-state index in [1.54, 1.807) is 4.90 Å². The minimum absolute atomic E-state index is 0.0328. The largest absolute Gasteiger partial charge is 0.481 e. The van der Waals surface area contributed by atoms with E-state index in [-0.39, 0.29) is 30.9 Å². The Hall–Kier alpha value is -3.35. The van der Waals surface area contributed by atoms with Gasteiger partial charge in [-0.3, -0.25) is 9.59 Å². The van der Waals surface area contributed by atoms with Crippen LogP contribution < -0.4 is 5.32 Å². The number of carboxylic acid groups (broad SMARTS) is 1. The Labute approximate surface area is 193 Å². The minimum atomic E-state index is -0.863. The molecule has 0 spiro atoms. The van der Waals surface area contributed by atoms with Crippen LogP contribution in [0.2, 0.25) is 0 Å². The Morgan fingerprint density at radius 3 is 2.33 bits per heavy atom. The monoisotopic (exact) mass is 450 g/mol. The van der Waals surface area contributed by atoms with Crippen molar-refractivity contribution in [3.63, 3.8) is 0 Å². The molecule has 2 aromatic rings. The second-order valence-electron chi connectivity index (χ2n) is 8.69. The van der Waals surface area contributed by atoms with E-state index < -0.39 is 18.1 Å². The number of alkyl carbamates (subject to hydrolysis) is 1. The Morgan fingerprint density at radius 1 is 1.09 bits per heavy atom. The SMILES string of the molecule is CC[C@@H](NC(=O)OCC1c2ccccc2-c2ccccc21)C(=O)N1CCCC1CCC(=O)O. The maximum atomic E-state index is 13.1. The maximum Gasteiger partial charge on any atom is 0.407 e. The molecule has 4 rings (SSSR count). The first-order chi connectivity index (χ1) is 16.0. The van der Waals surface area contributed by atoms with E-state index in [0.29, 0.717) is 19.4 Å². The molecule has 2 aromatic carbocycles. The van der Waals surface area contributed by atoms with Crippen LogP contribution >= 0.6 is 0 Å². The number of rotatable bonds is 8. The fraction of sp³-hybridized carbons (Fsp3) is 0.423. The van der Waals surface area contributed by atoms with E-state index in [4.69, 9.17) is 9.84 Å². The molecule has 2 amide bonds. The lowest BCUT2D eigenvalue weighted by atomic mass is 9.98. The average molecular weight is 451 g/mol. The predicted molar refractivity (Wildman–Crippen MR) is 124 cm³/mol. The Kier molecular flexibility index (Phi) is 6.96. The average Bonchev–Trinajstić information content (AvgIpc) is 3.42. The topological polar surface area (TPSA) is 95.9 Å². The molecule has 2 N–H and O–H groups in total. The van der Waals surface area contributed by atoms with Gasteiger partial charge in [0.15, 0.2) is 0 Å². The van der Waals surface area contributed by atoms with Crippen molar-refractivity contribution in [2.24, 2.45) is 0 Å². The number of ether oxygens (including phenoxy) is 1. The lowest BCUT2D eigenvalue weighted by Crippen LogP contribution is -2.50. The summed E-state index contributed by atoms with van der Waals surface area (Å²) in [6, 6.07) is 15.5. The number of carbonyl (C=O) groups excluding carboxylic acids is 2. The zero-order valence-electron chi connectivity index (χ0n) is 18.8. The molecule has 33 heavy (non-hydrogen) atoms. The van der Waals surface area contributed by atoms with Crippen molar-refractivity contribution in [2.45, 2.75) is 57.0 Å². The number of benzene rings is 2. The van der Waals surface area contributed by atoms with E-state index in [0.717, 1.165) is 35.1 Å². The molecule has 174 valence electrons. The molecule has 0 saturated carbocycles. The van der Waals surface area contributed by atoms with Gasteiger partial charge in [0.25, 0.3) is 0 Å². The number of hydrogen-bond acceptors (Lipinski definition) is 4. The number of nitrogens with one attached hydrogen (secondary N) is 1. The molecule has 7 nitrogen and oxygen atoms in total. The van der Waals surface area contributed by atoms with Crippen LogP contribution in [0.4, 0.5) is 4.79 Å². The van der Waals surface area contributed by atoms with E-state index in [1.165, 1.54) is 0 Å². The number of nitrogens with zero attached hydrogens (tertiary/aromatic N) is 1. The first-order valence-electron chi connectivity index (χ1n) is 11.6. The fourth-order valence-corrected chi connectivity index (χ4v) is 5.04. The second-order valence-corrected chi connectivity index (χ2v) is 8.69. The van der Waals surface area contributed by atoms with Crippen LogP contribution in [0.3, 0.4) is 0 Å². The summed E-state index contributed by atoms with van der Waals surface area (Å²) < 4.78 is 5.59. The number of carbonyl (C=O) groups is 3. The third-order valence-corrected chi connectivity index (χ3v) is 6.69. The zero-order valence-corrected chi connectivity index (χ0v) is 18.8. The van der Waals surface area contributed by atoms with E-state index in [1.807, 2.05) is 31.2 Å². The first-order valence-corrected chi connectivity index (χ1v) is 11.6. The van der Waals surface area contributed by atoms with Crippen molar-refractivity contribution in [1.82, 2.24) is 10.2 Å². The van der Waals surface area contributed by atoms with Crippen LogP contribution in [0.25, 0.3) is 11.1 Å². The number of likely N-dealkylation sites (tertiary alicyclic amines) is 1. The third kappa shape index (κ3) is 4.87.